The average Bonchev–Trinajstić information content (AvgIpc) is 2.78. The van der Waals surface area contributed by atoms with Gasteiger partial charge in [0.1, 0.15) is 5.75 Å². The van der Waals surface area contributed by atoms with Gasteiger partial charge in [0.05, 0.1) is 19.9 Å². The van der Waals surface area contributed by atoms with Crippen molar-refractivity contribution in [2.75, 3.05) is 65.0 Å². The molecule has 7 nitrogen and oxygen atoms in total. The predicted octanol–water partition coefficient (Wildman–Crippen LogP) is 2.02. The highest BCUT2D eigenvalue weighted by Crippen LogP contribution is 2.28. The first-order chi connectivity index (χ1) is 14.2. The van der Waals surface area contributed by atoms with Crippen LogP contribution in [-0.2, 0) is 4.79 Å². The number of amides is 1. The molecule has 2 aromatic carbocycles. The van der Waals surface area contributed by atoms with Crippen molar-refractivity contribution >= 4 is 11.6 Å². The van der Waals surface area contributed by atoms with Crippen LogP contribution in [0, 0.1) is 0 Å². The lowest BCUT2D eigenvalue weighted by Crippen LogP contribution is -2.48. The minimum atomic E-state index is -0.136. The van der Waals surface area contributed by atoms with Crippen molar-refractivity contribution in [1.29, 1.82) is 0 Å². The second-order valence-corrected chi connectivity index (χ2v) is 6.79. The molecule has 1 aliphatic rings. The van der Waals surface area contributed by atoms with Crippen LogP contribution in [-0.4, -0.2) is 70.9 Å². The molecule has 29 heavy (non-hydrogen) atoms. The van der Waals surface area contributed by atoms with Gasteiger partial charge in [-0.05, 0) is 24.3 Å². The number of methoxy groups -OCH3 is 2. The highest BCUT2D eigenvalue weighted by molar-refractivity contribution is 5.77. The van der Waals surface area contributed by atoms with Gasteiger partial charge >= 0.3 is 0 Å². The van der Waals surface area contributed by atoms with Crippen LogP contribution in [0.15, 0.2) is 48.5 Å². The lowest BCUT2D eigenvalue weighted by atomic mass is 10.2. The molecule has 7 heteroatoms. The monoisotopic (exact) mass is 399 g/mol. The van der Waals surface area contributed by atoms with Crippen molar-refractivity contribution in [2.45, 2.75) is 0 Å². The van der Waals surface area contributed by atoms with Crippen molar-refractivity contribution < 1.29 is 19.0 Å². The summed E-state index contributed by atoms with van der Waals surface area (Å²) in [7, 11) is 3.28. The fourth-order valence-corrected chi connectivity index (χ4v) is 3.39. The van der Waals surface area contributed by atoms with E-state index >= 15 is 0 Å². The molecule has 1 saturated heterocycles. The summed E-state index contributed by atoms with van der Waals surface area (Å²) in [6, 6.07) is 15.4. The summed E-state index contributed by atoms with van der Waals surface area (Å²) < 4.78 is 16.2. The van der Waals surface area contributed by atoms with Crippen LogP contribution in [0.4, 0.5) is 5.69 Å². The van der Waals surface area contributed by atoms with Crippen molar-refractivity contribution in [3.05, 3.63) is 48.5 Å². The molecule has 0 bridgehead atoms. The Bertz CT molecular complexity index is 791. The maximum absolute atomic E-state index is 12.0. The lowest BCUT2D eigenvalue weighted by Gasteiger charge is -2.36. The Morgan fingerprint density at radius 3 is 2.21 bits per heavy atom. The summed E-state index contributed by atoms with van der Waals surface area (Å²) in [5.74, 6) is 1.96. The molecule has 0 radical (unpaired) electrons. The zero-order valence-electron chi connectivity index (χ0n) is 17.1. The topological polar surface area (TPSA) is 63.3 Å². The van der Waals surface area contributed by atoms with E-state index < -0.39 is 0 Å². The number of carbonyl (C=O) groups excluding carboxylic acids is 1. The van der Waals surface area contributed by atoms with Crippen molar-refractivity contribution in [2.24, 2.45) is 0 Å². The first kappa shape index (κ1) is 20.8. The Morgan fingerprint density at radius 2 is 1.52 bits per heavy atom. The molecule has 0 unspecified atom stereocenters. The Labute approximate surface area is 172 Å². The summed E-state index contributed by atoms with van der Waals surface area (Å²) in [5.41, 5.74) is 1.14. The Kier molecular flexibility index (Phi) is 7.58. The number of rotatable bonds is 9. The van der Waals surface area contributed by atoms with E-state index in [1.165, 1.54) is 0 Å². The molecule has 1 heterocycles. The van der Waals surface area contributed by atoms with Crippen LogP contribution in [0.2, 0.25) is 0 Å². The lowest BCUT2D eigenvalue weighted by molar-refractivity contribution is -0.123. The molecule has 1 amide bonds. The standard InChI is InChI=1S/C22H29N3O4/c1-27-19-8-4-3-7-18(19)25-15-13-24(14-16-25)12-11-23-22(26)17-29-21-10-6-5-9-20(21)28-2/h3-10H,11-17H2,1-2H3,(H,23,26). The number of anilines is 1. The van der Waals surface area contributed by atoms with Crippen LogP contribution < -0.4 is 24.4 Å². The summed E-state index contributed by atoms with van der Waals surface area (Å²) in [6.07, 6.45) is 0. The molecule has 156 valence electrons. The normalized spacial score (nSPS) is 14.3. The van der Waals surface area contributed by atoms with E-state index in [4.69, 9.17) is 14.2 Å². The maximum Gasteiger partial charge on any atom is 0.257 e. The van der Waals surface area contributed by atoms with Crippen molar-refractivity contribution in [1.82, 2.24) is 10.2 Å². The van der Waals surface area contributed by atoms with E-state index in [9.17, 15) is 4.79 Å². The Hall–Kier alpha value is -2.93. The molecule has 3 rings (SSSR count). The number of piperazine rings is 1. The SMILES string of the molecule is COc1ccccc1OCC(=O)NCCN1CCN(c2ccccc2OC)CC1. The second-order valence-electron chi connectivity index (χ2n) is 6.79. The number of hydrogen-bond donors (Lipinski definition) is 1. The highest BCUT2D eigenvalue weighted by Gasteiger charge is 2.19. The van der Waals surface area contributed by atoms with Gasteiger partial charge in [-0.3, -0.25) is 9.69 Å². The molecule has 1 fully saturated rings. The van der Waals surface area contributed by atoms with E-state index in [1.54, 1.807) is 26.4 Å². The second kappa shape index (κ2) is 10.6. The van der Waals surface area contributed by atoms with Gasteiger partial charge in [-0.15, -0.1) is 0 Å². The molecule has 0 spiro atoms. The maximum atomic E-state index is 12.0. The molecule has 2 aromatic rings. The minimum Gasteiger partial charge on any atom is -0.495 e. The van der Waals surface area contributed by atoms with Gasteiger partial charge in [0.2, 0.25) is 0 Å². The van der Waals surface area contributed by atoms with Gasteiger partial charge in [-0.2, -0.15) is 0 Å². The summed E-state index contributed by atoms with van der Waals surface area (Å²) in [4.78, 5) is 16.7. The molecule has 1 aliphatic heterocycles. The van der Waals surface area contributed by atoms with E-state index in [0.29, 0.717) is 18.0 Å². The predicted molar refractivity (Wildman–Crippen MR) is 113 cm³/mol. The van der Waals surface area contributed by atoms with Gasteiger partial charge in [0, 0.05) is 39.3 Å². The third-order valence-corrected chi connectivity index (χ3v) is 4.98. The number of nitrogens with zero attached hydrogens (tertiary/aromatic N) is 2. The summed E-state index contributed by atoms with van der Waals surface area (Å²) >= 11 is 0. The van der Waals surface area contributed by atoms with Crippen molar-refractivity contribution in [3.63, 3.8) is 0 Å². The number of ether oxygens (including phenoxy) is 3. The van der Waals surface area contributed by atoms with Crippen LogP contribution in [0.5, 0.6) is 17.2 Å². The Morgan fingerprint density at radius 1 is 0.897 bits per heavy atom. The van der Waals surface area contributed by atoms with E-state index in [1.807, 2.05) is 30.3 Å². The molecular weight excluding hydrogens is 370 g/mol. The Balaban J connectivity index is 1.36. The minimum absolute atomic E-state index is 0.0258. The van der Waals surface area contributed by atoms with Crippen LogP contribution >= 0.6 is 0 Å². The first-order valence-corrected chi connectivity index (χ1v) is 9.84. The zero-order valence-corrected chi connectivity index (χ0v) is 17.1. The van der Waals surface area contributed by atoms with Crippen LogP contribution in [0.3, 0.4) is 0 Å². The summed E-state index contributed by atoms with van der Waals surface area (Å²) in [6.45, 7) is 5.17. The average molecular weight is 399 g/mol. The third kappa shape index (κ3) is 5.77. The molecule has 0 atom stereocenters. The van der Waals surface area contributed by atoms with Crippen LogP contribution in [0.1, 0.15) is 0 Å². The van der Waals surface area contributed by atoms with Gasteiger partial charge in [-0.25, -0.2) is 0 Å². The number of hydrogen-bond acceptors (Lipinski definition) is 6. The first-order valence-electron chi connectivity index (χ1n) is 9.84. The fourth-order valence-electron chi connectivity index (χ4n) is 3.39. The van der Waals surface area contributed by atoms with Crippen LogP contribution in [0.25, 0.3) is 0 Å². The molecule has 0 saturated carbocycles. The van der Waals surface area contributed by atoms with E-state index in [2.05, 4.69) is 21.2 Å². The quantitative estimate of drug-likeness (QED) is 0.696. The number of benzene rings is 2. The molecule has 0 aromatic heterocycles. The molecule has 1 N–H and O–H groups in total. The summed E-state index contributed by atoms with van der Waals surface area (Å²) in [5, 5.41) is 2.92. The van der Waals surface area contributed by atoms with Gasteiger partial charge in [-0.1, -0.05) is 24.3 Å². The number of nitrogens with one attached hydrogen (secondary N) is 1. The van der Waals surface area contributed by atoms with E-state index in [0.717, 1.165) is 44.2 Å². The van der Waals surface area contributed by atoms with Gasteiger partial charge < -0.3 is 24.4 Å². The fraction of sp³-hybridized carbons (Fsp3) is 0.409. The van der Waals surface area contributed by atoms with E-state index in [-0.39, 0.29) is 12.5 Å². The smallest absolute Gasteiger partial charge is 0.257 e. The number of para-hydroxylation sites is 4. The molecular formula is C22H29N3O4. The molecule has 0 aliphatic carbocycles. The van der Waals surface area contributed by atoms with Gasteiger partial charge in [0.15, 0.2) is 18.1 Å². The zero-order chi connectivity index (χ0) is 20.5. The number of carbonyl (C=O) groups is 1. The third-order valence-electron chi connectivity index (χ3n) is 4.98. The largest absolute Gasteiger partial charge is 0.495 e. The highest BCUT2D eigenvalue weighted by atomic mass is 16.5. The van der Waals surface area contributed by atoms with Gasteiger partial charge in [0.25, 0.3) is 5.91 Å². The van der Waals surface area contributed by atoms with Crippen molar-refractivity contribution in [3.8, 4) is 17.2 Å².